The number of rotatable bonds is 7. The lowest BCUT2D eigenvalue weighted by atomic mass is 10.3. The average Bonchev–Trinajstić information content (AvgIpc) is 2.81. The highest BCUT2D eigenvalue weighted by molar-refractivity contribution is 7.89. The topological polar surface area (TPSA) is 142 Å². The molecule has 33 heavy (non-hydrogen) atoms. The van der Waals surface area contributed by atoms with Crippen molar-refractivity contribution in [3.63, 3.8) is 0 Å². The quantitative estimate of drug-likeness (QED) is 0.340. The molecule has 1 aliphatic heterocycles. The van der Waals surface area contributed by atoms with Crippen molar-refractivity contribution in [1.29, 1.82) is 0 Å². The number of carbonyl (C=O) groups is 2. The van der Waals surface area contributed by atoms with Crippen LogP contribution in [0.4, 0.5) is 15.8 Å². The van der Waals surface area contributed by atoms with Crippen LogP contribution in [0.5, 0.6) is 0 Å². The Hall–Kier alpha value is -3.42. The van der Waals surface area contributed by atoms with E-state index in [1.165, 1.54) is 28.6 Å². The third-order valence-electron chi connectivity index (χ3n) is 5.04. The Bertz CT molecular complexity index is 1120. The van der Waals surface area contributed by atoms with Crippen molar-refractivity contribution in [2.75, 3.05) is 44.6 Å². The van der Waals surface area contributed by atoms with Crippen molar-refractivity contribution in [1.82, 2.24) is 14.5 Å². The Balaban J connectivity index is 1.42. The van der Waals surface area contributed by atoms with Gasteiger partial charge < -0.3 is 10.6 Å². The Morgan fingerprint density at radius 2 is 1.58 bits per heavy atom. The van der Waals surface area contributed by atoms with Crippen LogP contribution >= 0.6 is 0 Å². The van der Waals surface area contributed by atoms with E-state index in [1.807, 2.05) is 4.90 Å². The second-order valence-electron chi connectivity index (χ2n) is 7.21. The van der Waals surface area contributed by atoms with Crippen LogP contribution in [0.1, 0.15) is 0 Å². The molecule has 13 heteroatoms. The van der Waals surface area contributed by atoms with Gasteiger partial charge in [0.2, 0.25) is 10.0 Å². The van der Waals surface area contributed by atoms with E-state index in [2.05, 4.69) is 10.6 Å². The number of hydrogen-bond acceptors (Lipinski definition) is 7. The van der Waals surface area contributed by atoms with Gasteiger partial charge in [-0.05, 0) is 36.4 Å². The molecule has 0 aliphatic carbocycles. The average molecular weight is 479 g/mol. The summed E-state index contributed by atoms with van der Waals surface area (Å²) in [5.74, 6) is -2.17. The monoisotopic (exact) mass is 479 g/mol. The first-order chi connectivity index (χ1) is 15.7. The third kappa shape index (κ3) is 6.31. The molecule has 2 aromatic carbocycles. The third-order valence-corrected chi connectivity index (χ3v) is 6.95. The molecule has 2 amide bonds. The van der Waals surface area contributed by atoms with E-state index < -0.39 is 32.6 Å². The van der Waals surface area contributed by atoms with Crippen LogP contribution in [0.3, 0.4) is 0 Å². The number of nitrogens with one attached hydrogen (secondary N) is 2. The van der Waals surface area contributed by atoms with E-state index in [0.717, 1.165) is 24.3 Å². The standard InChI is InChI=1S/C20H22FN5O6S/c21-15-1-3-16(4-2-15)23-20(28)19(27)22-9-10-24-11-13-25(14-12-24)33(31,32)18-7-5-17(6-8-18)26(29)30/h1-8H,9-14H2,(H,22,27)(H,23,28). The highest BCUT2D eigenvalue weighted by Crippen LogP contribution is 2.20. The minimum Gasteiger partial charge on any atom is -0.347 e. The fraction of sp³-hybridized carbons (Fsp3) is 0.300. The van der Waals surface area contributed by atoms with E-state index >= 15 is 0 Å². The molecule has 0 spiro atoms. The van der Waals surface area contributed by atoms with Crippen LogP contribution in [-0.2, 0) is 19.6 Å². The lowest BCUT2D eigenvalue weighted by Gasteiger charge is -2.33. The van der Waals surface area contributed by atoms with Crippen LogP contribution in [0.2, 0.25) is 0 Å². The van der Waals surface area contributed by atoms with Gasteiger partial charge in [0.25, 0.3) is 5.69 Å². The van der Waals surface area contributed by atoms with E-state index in [9.17, 15) is 32.5 Å². The molecule has 3 rings (SSSR count). The zero-order chi connectivity index (χ0) is 24.0. The Kier molecular flexibility index (Phi) is 7.68. The van der Waals surface area contributed by atoms with Gasteiger partial charge in [-0.2, -0.15) is 4.31 Å². The number of sulfonamides is 1. The summed E-state index contributed by atoms with van der Waals surface area (Å²) in [5, 5.41) is 15.6. The number of nitrogens with zero attached hydrogens (tertiary/aromatic N) is 3. The van der Waals surface area contributed by atoms with Crippen molar-refractivity contribution in [2.24, 2.45) is 0 Å². The fourth-order valence-corrected chi connectivity index (χ4v) is 4.63. The predicted molar refractivity (Wildman–Crippen MR) is 116 cm³/mol. The minimum atomic E-state index is -3.77. The molecule has 0 atom stereocenters. The summed E-state index contributed by atoms with van der Waals surface area (Å²) < 4.78 is 39.7. The second kappa shape index (κ2) is 10.5. The molecule has 176 valence electrons. The van der Waals surface area contributed by atoms with Gasteiger partial charge in [0.15, 0.2) is 0 Å². The normalized spacial score (nSPS) is 15.1. The van der Waals surface area contributed by atoms with Crippen LogP contribution in [0.25, 0.3) is 0 Å². The van der Waals surface area contributed by atoms with Crippen molar-refractivity contribution < 1.29 is 27.3 Å². The predicted octanol–water partition coefficient (Wildman–Crippen LogP) is 0.795. The summed E-state index contributed by atoms with van der Waals surface area (Å²) in [7, 11) is -3.77. The van der Waals surface area contributed by atoms with Gasteiger partial charge in [0.05, 0.1) is 9.82 Å². The van der Waals surface area contributed by atoms with Crippen LogP contribution in [0, 0.1) is 15.9 Å². The Morgan fingerprint density at radius 1 is 0.970 bits per heavy atom. The van der Waals surface area contributed by atoms with E-state index in [-0.39, 0.29) is 30.2 Å². The molecule has 11 nitrogen and oxygen atoms in total. The number of halogens is 1. The molecule has 1 saturated heterocycles. The lowest BCUT2D eigenvalue weighted by Crippen LogP contribution is -2.50. The molecular weight excluding hydrogens is 457 g/mol. The first-order valence-electron chi connectivity index (χ1n) is 9.98. The molecule has 0 aromatic heterocycles. The molecule has 2 N–H and O–H groups in total. The molecule has 0 radical (unpaired) electrons. The van der Waals surface area contributed by atoms with Gasteiger partial charge in [-0.15, -0.1) is 0 Å². The number of benzene rings is 2. The lowest BCUT2D eigenvalue weighted by molar-refractivity contribution is -0.384. The summed E-state index contributed by atoms with van der Waals surface area (Å²) in [6, 6.07) is 9.73. The Morgan fingerprint density at radius 3 is 2.15 bits per heavy atom. The minimum absolute atomic E-state index is 0.0130. The molecule has 0 saturated carbocycles. The van der Waals surface area contributed by atoms with E-state index in [1.54, 1.807) is 0 Å². The largest absolute Gasteiger partial charge is 0.347 e. The number of anilines is 1. The number of piperazine rings is 1. The number of carbonyl (C=O) groups excluding carboxylic acids is 2. The van der Waals surface area contributed by atoms with Crippen LogP contribution < -0.4 is 10.6 Å². The summed E-state index contributed by atoms with van der Waals surface area (Å²) >= 11 is 0. The van der Waals surface area contributed by atoms with E-state index in [0.29, 0.717) is 25.3 Å². The summed E-state index contributed by atoms with van der Waals surface area (Å²) in [5.41, 5.74) is 0.106. The first-order valence-corrected chi connectivity index (χ1v) is 11.4. The highest BCUT2D eigenvalue weighted by atomic mass is 32.2. The molecule has 2 aromatic rings. The molecule has 0 unspecified atom stereocenters. The molecule has 1 fully saturated rings. The fourth-order valence-electron chi connectivity index (χ4n) is 3.21. The number of non-ortho nitro benzene ring substituents is 1. The van der Waals surface area contributed by atoms with E-state index in [4.69, 9.17) is 0 Å². The maximum atomic E-state index is 12.9. The SMILES string of the molecule is O=C(NCCN1CCN(S(=O)(=O)c2ccc([N+](=O)[O-])cc2)CC1)C(=O)Nc1ccc(F)cc1. The Labute approximate surface area is 189 Å². The molecule has 0 bridgehead atoms. The van der Waals surface area contributed by atoms with Gasteiger partial charge in [-0.25, -0.2) is 12.8 Å². The zero-order valence-corrected chi connectivity index (χ0v) is 18.3. The maximum absolute atomic E-state index is 12.9. The number of hydrogen-bond donors (Lipinski definition) is 2. The molecular formula is C20H22FN5O6S. The van der Waals surface area contributed by atoms with Crippen molar-refractivity contribution in [3.8, 4) is 0 Å². The summed E-state index contributed by atoms with van der Waals surface area (Å²) in [6.45, 7) is 1.89. The smallest absolute Gasteiger partial charge is 0.313 e. The maximum Gasteiger partial charge on any atom is 0.313 e. The number of amides is 2. The van der Waals surface area contributed by atoms with Crippen molar-refractivity contribution in [2.45, 2.75) is 4.90 Å². The summed E-state index contributed by atoms with van der Waals surface area (Å²) in [4.78, 5) is 35.9. The van der Waals surface area contributed by atoms with Gasteiger partial charge >= 0.3 is 11.8 Å². The molecule has 1 aliphatic rings. The summed E-state index contributed by atoms with van der Waals surface area (Å²) in [6.07, 6.45) is 0. The second-order valence-corrected chi connectivity index (χ2v) is 9.15. The number of nitro benzene ring substituents is 1. The van der Waals surface area contributed by atoms with Gasteiger partial charge in [-0.1, -0.05) is 0 Å². The van der Waals surface area contributed by atoms with Crippen LogP contribution in [0.15, 0.2) is 53.4 Å². The highest BCUT2D eigenvalue weighted by Gasteiger charge is 2.28. The number of nitro groups is 1. The van der Waals surface area contributed by atoms with Gasteiger partial charge in [-0.3, -0.25) is 24.6 Å². The van der Waals surface area contributed by atoms with Crippen molar-refractivity contribution in [3.05, 3.63) is 64.5 Å². The zero-order valence-electron chi connectivity index (χ0n) is 17.4. The van der Waals surface area contributed by atoms with Gasteiger partial charge in [0, 0.05) is 57.1 Å². The van der Waals surface area contributed by atoms with Gasteiger partial charge in [0.1, 0.15) is 5.82 Å². The van der Waals surface area contributed by atoms with Crippen molar-refractivity contribution >= 4 is 33.2 Å². The van der Waals surface area contributed by atoms with Crippen LogP contribution in [-0.4, -0.2) is 73.6 Å². The molecule has 1 heterocycles. The first kappa shape index (κ1) is 24.2.